The zero-order valence-electron chi connectivity index (χ0n) is 10.7. The Labute approximate surface area is 110 Å². The molecule has 0 bridgehead atoms. The molecular formula is C12H16N6O. The number of hydrogen-bond acceptors (Lipinski definition) is 5. The summed E-state index contributed by atoms with van der Waals surface area (Å²) < 4.78 is 1.50. The number of nitrogens with two attached hydrogens (primary N) is 1. The first-order valence-corrected chi connectivity index (χ1v) is 6.08. The average molecular weight is 260 g/mol. The molecule has 0 aliphatic rings. The lowest BCUT2D eigenvalue weighted by Crippen LogP contribution is -2.26. The Morgan fingerprint density at radius 2 is 2.26 bits per heavy atom. The van der Waals surface area contributed by atoms with Gasteiger partial charge in [-0.3, -0.25) is 4.79 Å². The number of carbonyl (C=O) groups excluding carboxylic acids is 1. The van der Waals surface area contributed by atoms with Crippen LogP contribution in [-0.2, 0) is 4.79 Å². The van der Waals surface area contributed by atoms with Gasteiger partial charge in [-0.05, 0) is 29.0 Å². The summed E-state index contributed by atoms with van der Waals surface area (Å²) in [5, 5.41) is 13.8. The van der Waals surface area contributed by atoms with Crippen molar-refractivity contribution in [3.8, 4) is 5.69 Å². The minimum Gasteiger partial charge on any atom is -0.327 e. The van der Waals surface area contributed by atoms with Crippen molar-refractivity contribution in [2.45, 2.75) is 25.8 Å². The Morgan fingerprint density at radius 3 is 2.95 bits per heavy atom. The van der Waals surface area contributed by atoms with Crippen LogP contribution in [0.4, 0.5) is 5.69 Å². The van der Waals surface area contributed by atoms with Gasteiger partial charge in [0, 0.05) is 12.5 Å². The topological polar surface area (TPSA) is 98.7 Å². The Hall–Kier alpha value is -2.28. The molecule has 1 aromatic heterocycles. The zero-order valence-corrected chi connectivity index (χ0v) is 10.7. The number of rotatable bonds is 5. The summed E-state index contributed by atoms with van der Waals surface area (Å²) in [6, 6.07) is 7.19. The third kappa shape index (κ3) is 3.35. The van der Waals surface area contributed by atoms with Gasteiger partial charge in [-0.2, -0.15) is 4.68 Å². The summed E-state index contributed by atoms with van der Waals surface area (Å²) in [6.45, 7) is 1.95. The molecule has 1 atom stereocenters. The van der Waals surface area contributed by atoms with Crippen LogP contribution in [0.3, 0.4) is 0 Å². The maximum absolute atomic E-state index is 11.9. The second-order valence-electron chi connectivity index (χ2n) is 4.19. The highest BCUT2D eigenvalue weighted by atomic mass is 16.1. The van der Waals surface area contributed by atoms with Gasteiger partial charge >= 0.3 is 0 Å². The zero-order chi connectivity index (χ0) is 13.7. The van der Waals surface area contributed by atoms with E-state index in [1.807, 2.05) is 25.1 Å². The maximum Gasteiger partial charge on any atom is 0.225 e. The van der Waals surface area contributed by atoms with Gasteiger partial charge in [0.1, 0.15) is 6.33 Å². The lowest BCUT2D eigenvalue weighted by Gasteiger charge is -2.12. The Balaban J connectivity index is 2.15. The SMILES string of the molecule is CCC(N)CC(=O)Nc1ccccc1-n1cnnn1. The average Bonchev–Trinajstić information content (AvgIpc) is 2.93. The van der Waals surface area contributed by atoms with Crippen molar-refractivity contribution in [3.63, 3.8) is 0 Å². The molecular weight excluding hydrogens is 244 g/mol. The number of benzene rings is 1. The van der Waals surface area contributed by atoms with Crippen LogP contribution in [-0.4, -0.2) is 32.2 Å². The number of aromatic nitrogens is 4. The number of amides is 1. The molecule has 100 valence electrons. The van der Waals surface area contributed by atoms with Gasteiger partial charge in [0.2, 0.25) is 5.91 Å². The van der Waals surface area contributed by atoms with Gasteiger partial charge in [0.25, 0.3) is 0 Å². The molecule has 0 saturated heterocycles. The molecule has 0 spiro atoms. The van der Waals surface area contributed by atoms with Gasteiger partial charge in [-0.15, -0.1) is 5.10 Å². The molecule has 0 fully saturated rings. The normalized spacial score (nSPS) is 12.1. The lowest BCUT2D eigenvalue weighted by atomic mass is 10.1. The summed E-state index contributed by atoms with van der Waals surface area (Å²) in [4.78, 5) is 11.9. The van der Waals surface area contributed by atoms with Gasteiger partial charge in [-0.25, -0.2) is 0 Å². The van der Waals surface area contributed by atoms with Crippen LogP contribution in [0.5, 0.6) is 0 Å². The van der Waals surface area contributed by atoms with Gasteiger partial charge in [-0.1, -0.05) is 19.1 Å². The molecule has 0 aliphatic carbocycles. The van der Waals surface area contributed by atoms with Crippen molar-refractivity contribution in [1.29, 1.82) is 0 Å². The van der Waals surface area contributed by atoms with E-state index < -0.39 is 0 Å². The van der Waals surface area contributed by atoms with Crippen LogP contribution in [0.15, 0.2) is 30.6 Å². The monoisotopic (exact) mass is 260 g/mol. The van der Waals surface area contributed by atoms with Crippen LogP contribution in [0.25, 0.3) is 5.69 Å². The number of anilines is 1. The first-order chi connectivity index (χ1) is 9.20. The summed E-state index contributed by atoms with van der Waals surface area (Å²) in [6.07, 6.45) is 2.53. The molecule has 3 N–H and O–H groups in total. The molecule has 19 heavy (non-hydrogen) atoms. The third-order valence-electron chi connectivity index (χ3n) is 2.75. The fourth-order valence-corrected chi connectivity index (χ4v) is 1.63. The molecule has 1 aromatic carbocycles. The van der Waals surface area contributed by atoms with Crippen molar-refractivity contribution >= 4 is 11.6 Å². The number of hydrogen-bond donors (Lipinski definition) is 2. The van der Waals surface area contributed by atoms with Crippen molar-refractivity contribution in [2.24, 2.45) is 5.73 Å². The van der Waals surface area contributed by atoms with Crippen molar-refractivity contribution in [2.75, 3.05) is 5.32 Å². The molecule has 1 unspecified atom stereocenters. The summed E-state index contributed by atoms with van der Waals surface area (Å²) in [5.74, 6) is -0.116. The number of nitrogens with zero attached hydrogens (tertiary/aromatic N) is 4. The van der Waals surface area contributed by atoms with E-state index in [2.05, 4.69) is 20.8 Å². The fraction of sp³-hybridized carbons (Fsp3) is 0.333. The Kier molecular flexibility index (Phi) is 4.19. The van der Waals surface area contributed by atoms with E-state index in [0.717, 1.165) is 6.42 Å². The third-order valence-corrected chi connectivity index (χ3v) is 2.75. The van der Waals surface area contributed by atoms with Crippen LogP contribution in [0, 0.1) is 0 Å². The molecule has 1 amide bonds. The molecule has 0 aliphatic heterocycles. The highest BCUT2D eigenvalue weighted by Gasteiger charge is 2.11. The molecule has 7 nitrogen and oxygen atoms in total. The molecule has 7 heteroatoms. The van der Waals surface area contributed by atoms with E-state index in [1.54, 1.807) is 6.07 Å². The Bertz CT molecular complexity index is 539. The second kappa shape index (κ2) is 6.05. The minimum atomic E-state index is -0.125. The van der Waals surface area contributed by atoms with E-state index in [1.165, 1.54) is 11.0 Å². The van der Waals surface area contributed by atoms with Crippen molar-refractivity contribution in [3.05, 3.63) is 30.6 Å². The quantitative estimate of drug-likeness (QED) is 0.825. The highest BCUT2D eigenvalue weighted by Crippen LogP contribution is 2.18. The first-order valence-electron chi connectivity index (χ1n) is 6.08. The fourth-order valence-electron chi connectivity index (χ4n) is 1.63. The number of tetrazole rings is 1. The largest absolute Gasteiger partial charge is 0.327 e. The van der Waals surface area contributed by atoms with E-state index in [-0.39, 0.29) is 11.9 Å². The van der Waals surface area contributed by atoms with Crippen LogP contribution in [0.1, 0.15) is 19.8 Å². The molecule has 0 saturated carbocycles. The molecule has 1 heterocycles. The second-order valence-corrected chi connectivity index (χ2v) is 4.19. The highest BCUT2D eigenvalue weighted by molar-refractivity contribution is 5.93. The van der Waals surface area contributed by atoms with Crippen LogP contribution >= 0.6 is 0 Å². The van der Waals surface area contributed by atoms with Gasteiger partial charge < -0.3 is 11.1 Å². The van der Waals surface area contributed by atoms with E-state index >= 15 is 0 Å². The molecule has 2 aromatic rings. The predicted molar refractivity (Wildman–Crippen MR) is 70.7 cm³/mol. The first kappa shape index (κ1) is 13.2. The van der Waals surface area contributed by atoms with E-state index in [0.29, 0.717) is 17.8 Å². The summed E-state index contributed by atoms with van der Waals surface area (Å²) in [7, 11) is 0. The summed E-state index contributed by atoms with van der Waals surface area (Å²) >= 11 is 0. The van der Waals surface area contributed by atoms with Crippen molar-refractivity contribution in [1.82, 2.24) is 20.2 Å². The Morgan fingerprint density at radius 1 is 1.47 bits per heavy atom. The van der Waals surface area contributed by atoms with Crippen molar-refractivity contribution < 1.29 is 4.79 Å². The predicted octanol–water partition coefficient (Wildman–Crippen LogP) is 0.728. The van der Waals surface area contributed by atoms with Gasteiger partial charge in [0.05, 0.1) is 11.4 Å². The minimum absolute atomic E-state index is 0.116. The lowest BCUT2D eigenvalue weighted by molar-refractivity contribution is -0.116. The summed E-state index contributed by atoms with van der Waals surface area (Å²) in [5.41, 5.74) is 7.13. The molecule has 2 rings (SSSR count). The molecule has 0 radical (unpaired) electrons. The standard InChI is InChI=1S/C12H16N6O/c1-2-9(13)7-12(19)15-10-5-3-4-6-11(10)18-8-14-16-17-18/h3-6,8-9H,2,7,13H2,1H3,(H,15,19). The van der Waals surface area contributed by atoms with Crippen LogP contribution < -0.4 is 11.1 Å². The number of carbonyl (C=O) groups is 1. The van der Waals surface area contributed by atoms with Gasteiger partial charge in [0.15, 0.2) is 0 Å². The number of para-hydroxylation sites is 2. The number of nitrogens with one attached hydrogen (secondary N) is 1. The van der Waals surface area contributed by atoms with Crippen LogP contribution in [0.2, 0.25) is 0 Å². The maximum atomic E-state index is 11.9. The smallest absolute Gasteiger partial charge is 0.225 e. The van der Waals surface area contributed by atoms with E-state index in [9.17, 15) is 4.79 Å². The van der Waals surface area contributed by atoms with E-state index in [4.69, 9.17) is 5.73 Å².